The van der Waals surface area contributed by atoms with Gasteiger partial charge in [-0.1, -0.05) is 0 Å². The number of nitrogens with zero attached hydrogens (tertiary/aromatic N) is 1. The molecule has 1 fully saturated rings. The summed E-state index contributed by atoms with van der Waals surface area (Å²) in [5.41, 5.74) is 2.00. The van der Waals surface area contributed by atoms with Gasteiger partial charge in [-0.05, 0) is 50.4 Å². The van der Waals surface area contributed by atoms with Crippen molar-refractivity contribution in [3.63, 3.8) is 0 Å². The van der Waals surface area contributed by atoms with E-state index in [1.807, 2.05) is 0 Å². The Morgan fingerprint density at radius 2 is 2.00 bits per heavy atom. The maximum atomic E-state index is 12.3. The molecule has 0 aliphatic carbocycles. The second kappa shape index (κ2) is 6.11. The number of rotatable bonds is 3. The fraction of sp³-hybridized carbons (Fsp3) is 0.333. The Balaban J connectivity index is 2.24. The highest BCUT2D eigenvalue weighted by atomic mass is 79.9. The molecule has 8 heteroatoms. The predicted octanol–water partition coefficient (Wildman–Crippen LogP) is 1.94. The molecule has 1 aromatic carbocycles. The first-order valence-electron chi connectivity index (χ1n) is 5.77. The highest BCUT2D eigenvalue weighted by Gasteiger charge is 2.38. The summed E-state index contributed by atoms with van der Waals surface area (Å²) in [4.78, 5) is 25.1. The summed E-state index contributed by atoms with van der Waals surface area (Å²) in [6, 6.07) is 2.66. The molecule has 0 aromatic heterocycles. The zero-order chi connectivity index (χ0) is 14.9. The van der Waals surface area contributed by atoms with Gasteiger partial charge in [-0.2, -0.15) is 0 Å². The number of amides is 2. The Labute approximate surface area is 132 Å². The number of methoxy groups -OCH3 is 1. The topological polar surface area (TPSA) is 78.9 Å². The smallest absolute Gasteiger partial charge is 0.266 e. The van der Waals surface area contributed by atoms with Crippen LogP contribution in [0, 0.1) is 0 Å². The van der Waals surface area contributed by atoms with E-state index in [1.54, 1.807) is 17.6 Å². The van der Waals surface area contributed by atoms with Crippen LogP contribution in [0.15, 0.2) is 21.1 Å². The number of ether oxygens (including phenoxy) is 1. The van der Waals surface area contributed by atoms with E-state index in [2.05, 4.69) is 31.9 Å². The van der Waals surface area contributed by atoms with Gasteiger partial charge in [-0.3, -0.25) is 14.8 Å². The van der Waals surface area contributed by atoms with Crippen molar-refractivity contribution >= 4 is 43.7 Å². The van der Waals surface area contributed by atoms with Gasteiger partial charge in [0.1, 0.15) is 11.8 Å². The molecule has 2 amide bonds. The lowest BCUT2D eigenvalue weighted by atomic mass is 10.0. The third-order valence-electron chi connectivity index (χ3n) is 3.14. The van der Waals surface area contributed by atoms with E-state index >= 15 is 0 Å². The summed E-state index contributed by atoms with van der Waals surface area (Å²) in [6.45, 7) is 0.484. The van der Waals surface area contributed by atoms with Crippen molar-refractivity contribution < 1.29 is 19.5 Å². The van der Waals surface area contributed by atoms with Crippen LogP contribution in [0.5, 0.6) is 5.75 Å². The van der Waals surface area contributed by atoms with Crippen molar-refractivity contribution in [3.8, 4) is 5.75 Å². The highest BCUT2D eigenvalue weighted by Crippen LogP contribution is 2.35. The van der Waals surface area contributed by atoms with Crippen LogP contribution in [0.25, 0.3) is 0 Å². The maximum absolute atomic E-state index is 12.3. The third-order valence-corrected chi connectivity index (χ3v) is 4.32. The number of halogens is 2. The van der Waals surface area contributed by atoms with Gasteiger partial charge in [0.15, 0.2) is 0 Å². The molecule has 0 spiro atoms. The Morgan fingerprint density at radius 1 is 1.40 bits per heavy atom. The first kappa shape index (κ1) is 15.3. The van der Waals surface area contributed by atoms with Gasteiger partial charge in [0, 0.05) is 12.1 Å². The summed E-state index contributed by atoms with van der Waals surface area (Å²) in [5, 5.41) is 8.63. The first-order chi connectivity index (χ1) is 9.49. The second-order valence-corrected chi connectivity index (χ2v) is 5.96. The molecule has 1 heterocycles. The van der Waals surface area contributed by atoms with Crippen molar-refractivity contribution in [1.29, 1.82) is 0 Å². The molecule has 1 saturated heterocycles. The van der Waals surface area contributed by atoms with Gasteiger partial charge in [0.25, 0.3) is 11.8 Å². The average Bonchev–Trinajstić information content (AvgIpc) is 2.36. The fourth-order valence-electron chi connectivity index (χ4n) is 2.02. The Kier molecular flexibility index (Phi) is 4.66. The van der Waals surface area contributed by atoms with E-state index in [0.717, 1.165) is 0 Å². The maximum Gasteiger partial charge on any atom is 0.266 e. The molecule has 2 N–H and O–H groups in total. The summed E-state index contributed by atoms with van der Waals surface area (Å²) in [7, 11) is 1.53. The Morgan fingerprint density at radius 3 is 2.40 bits per heavy atom. The van der Waals surface area contributed by atoms with Crippen LogP contribution in [-0.4, -0.2) is 41.6 Å². The minimum Gasteiger partial charge on any atom is -0.494 e. The van der Waals surface area contributed by atoms with Crippen LogP contribution in [0.4, 0.5) is 0 Å². The van der Waals surface area contributed by atoms with Gasteiger partial charge >= 0.3 is 0 Å². The Bertz CT molecular complexity index is 541. The molecule has 1 aliphatic rings. The van der Waals surface area contributed by atoms with Gasteiger partial charge < -0.3 is 9.64 Å². The van der Waals surface area contributed by atoms with Gasteiger partial charge in [0.05, 0.1) is 16.1 Å². The minimum atomic E-state index is -0.618. The molecule has 6 nitrogen and oxygen atoms in total. The van der Waals surface area contributed by atoms with Gasteiger partial charge in [-0.25, -0.2) is 5.48 Å². The molecule has 108 valence electrons. The van der Waals surface area contributed by atoms with Crippen LogP contribution < -0.4 is 10.2 Å². The molecule has 2 rings (SSSR count). The number of hydrogen-bond donors (Lipinski definition) is 2. The van der Waals surface area contributed by atoms with Crippen molar-refractivity contribution in [2.45, 2.75) is 12.5 Å². The molecule has 1 unspecified atom stereocenters. The lowest BCUT2D eigenvalue weighted by molar-refractivity contribution is -0.137. The lowest BCUT2D eigenvalue weighted by Gasteiger charge is -2.39. The second-order valence-electron chi connectivity index (χ2n) is 4.25. The standard InChI is InChI=1S/C12H12Br2N2O4/c1-20-10-7(13)4-6(5-8(10)14)12(18)16-3-2-9(16)11(17)15-19/h4-5,9,19H,2-3H2,1H3,(H,15,17). The largest absolute Gasteiger partial charge is 0.494 e. The molecule has 20 heavy (non-hydrogen) atoms. The van der Waals surface area contributed by atoms with E-state index in [0.29, 0.717) is 33.2 Å². The zero-order valence-electron chi connectivity index (χ0n) is 10.5. The van der Waals surface area contributed by atoms with Crippen LogP contribution >= 0.6 is 31.9 Å². The molecule has 0 saturated carbocycles. The zero-order valence-corrected chi connectivity index (χ0v) is 13.7. The predicted molar refractivity (Wildman–Crippen MR) is 77.8 cm³/mol. The van der Waals surface area contributed by atoms with E-state index in [-0.39, 0.29) is 5.91 Å². The number of carbonyl (C=O) groups excluding carboxylic acids is 2. The molecule has 1 atom stereocenters. The summed E-state index contributed by atoms with van der Waals surface area (Å²) in [5.74, 6) is -0.250. The average molecular weight is 408 g/mol. The van der Waals surface area contributed by atoms with Crippen LogP contribution in [0.1, 0.15) is 16.8 Å². The highest BCUT2D eigenvalue weighted by molar-refractivity contribution is 9.11. The van der Waals surface area contributed by atoms with E-state index in [1.165, 1.54) is 12.0 Å². The van der Waals surface area contributed by atoms with E-state index in [9.17, 15) is 9.59 Å². The number of likely N-dealkylation sites (tertiary alicyclic amines) is 1. The number of hydroxylamine groups is 1. The normalized spacial score (nSPS) is 17.4. The van der Waals surface area contributed by atoms with Crippen molar-refractivity contribution in [2.24, 2.45) is 0 Å². The van der Waals surface area contributed by atoms with Crippen LogP contribution in [-0.2, 0) is 4.79 Å². The molecule has 0 radical (unpaired) electrons. The van der Waals surface area contributed by atoms with Gasteiger partial charge in [-0.15, -0.1) is 0 Å². The lowest BCUT2D eigenvalue weighted by Crippen LogP contribution is -2.57. The SMILES string of the molecule is COc1c(Br)cc(C(=O)N2CCC2C(=O)NO)cc1Br. The molecule has 1 aliphatic heterocycles. The number of nitrogens with one attached hydrogen (secondary N) is 1. The first-order valence-corrected chi connectivity index (χ1v) is 7.36. The van der Waals surface area contributed by atoms with Crippen molar-refractivity contribution in [3.05, 3.63) is 26.6 Å². The van der Waals surface area contributed by atoms with Crippen molar-refractivity contribution in [1.82, 2.24) is 10.4 Å². The Hall–Kier alpha value is -1.12. The minimum absolute atomic E-state index is 0.270. The summed E-state index contributed by atoms with van der Waals surface area (Å²) < 4.78 is 6.45. The van der Waals surface area contributed by atoms with Gasteiger partial charge in [0.2, 0.25) is 0 Å². The molecular weight excluding hydrogens is 396 g/mol. The molecule has 1 aromatic rings. The fourth-order valence-corrected chi connectivity index (χ4v) is 3.53. The monoisotopic (exact) mass is 406 g/mol. The number of hydrogen-bond acceptors (Lipinski definition) is 4. The summed E-state index contributed by atoms with van der Waals surface area (Å²) >= 11 is 6.66. The third kappa shape index (κ3) is 2.68. The van der Waals surface area contributed by atoms with Crippen LogP contribution in [0.3, 0.4) is 0 Å². The van der Waals surface area contributed by atoms with Crippen molar-refractivity contribution in [2.75, 3.05) is 13.7 Å². The quantitative estimate of drug-likeness (QED) is 0.592. The number of benzene rings is 1. The number of carbonyl (C=O) groups is 2. The molecule has 0 bridgehead atoms. The van der Waals surface area contributed by atoms with Crippen LogP contribution in [0.2, 0.25) is 0 Å². The summed E-state index contributed by atoms with van der Waals surface area (Å²) in [6.07, 6.45) is 0.538. The van der Waals surface area contributed by atoms with E-state index < -0.39 is 11.9 Å². The molecular formula is C12H12Br2N2O4. The van der Waals surface area contributed by atoms with E-state index in [4.69, 9.17) is 9.94 Å².